The van der Waals surface area contributed by atoms with Gasteiger partial charge in [-0.05, 0) is 22.6 Å². The Balaban J connectivity index is 2.22. The Morgan fingerprint density at radius 2 is 1.58 bits per heavy atom. The lowest BCUT2D eigenvalue weighted by molar-refractivity contribution is -0.139. The number of benzene rings is 2. The lowest BCUT2D eigenvalue weighted by atomic mass is 9.83. The number of carboxylic acid groups (broad SMARTS) is 1. The topological polar surface area (TPSA) is 66.4 Å². The van der Waals surface area contributed by atoms with Crippen LogP contribution in [0, 0.1) is 0 Å². The highest BCUT2D eigenvalue weighted by Gasteiger charge is 2.25. The van der Waals surface area contributed by atoms with Crippen molar-refractivity contribution in [3.8, 4) is 0 Å². The third-order valence-electron chi connectivity index (χ3n) is 3.87. The van der Waals surface area contributed by atoms with Crippen molar-refractivity contribution in [2.24, 2.45) is 0 Å². The molecule has 126 valence electrons. The summed E-state index contributed by atoms with van der Waals surface area (Å²) in [7, 11) is 0. The van der Waals surface area contributed by atoms with Gasteiger partial charge in [-0.2, -0.15) is 0 Å². The van der Waals surface area contributed by atoms with Gasteiger partial charge in [-0.25, -0.2) is 4.79 Å². The van der Waals surface area contributed by atoms with Gasteiger partial charge in [-0.1, -0.05) is 69.3 Å². The summed E-state index contributed by atoms with van der Waals surface area (Å²) in [6.45, 7) is 6.08. The zero-order valence-corrected chi connectivity index (χ0v) is 14.2. The van der Waals surface area contributed by atoms with Gasteiger partial charge in [0.1, 0.15) is 6.04 Å². The van der Waals surface area contributed by atoms with Crippen LogP contribution in [0.4, 0.5) is 0 Å². The molecule has 1 amide bonds. The van der Waals surface area contributed by atoms with Crippen LogP contribution in [0.25, 0.3) is 0 Å². The number of rotatable bonds is 5. The molecule has 0 aliphatic rings. The van der Waals surface area contributed by atoms with Crippen molar-refractivity contribution in [3.05, 3.63) is 71.3 Å². The lowest BCUT2D eigenvalue weighted by Crippen LogP contribution is -2.43. The Labute approximate surface area is 142 Å². The SMILES string of the molecule is CC(C)(C)c1ccccc1C(=O)N[C@@H](Cc1ccccc1)C(=O)O. The second kappa shape index (κ2) is 7.30. The van der Waals surface area contributed by atoms with E-state index in [1.165, 1.54) is 0 Å². The minimum atomic E-state index is -1.04. The van der Waals surface area contributed by atoms with Crippen LogP contribution in [0.3, 0.4) is 0 Å². The highest BCUT2D eigenvalue weighted by atomic mass is 16.4. The second-order valence-corrected chi connectivity index (χ2v) is 6.85. The maximum absolute atomic E-state index is 12.6. The minimum Gasteiger partial charge on any atom is -0.480 e. The van der Waals surface area contributed by atoms with Gasteiger partial charge in [-0.3, -0.25) is 4.79 Å². The van der Waals surface area contributed by atoms with Crippen molar-refractivity contribution in [2.75, 3.05) is 0 Å². The predicted octanol–water partition coefficient (Wildman–Crippen LogP) is 3.41. The quantitative estimate of drug-likeness (QED) is 0.885. The Kier molecular flexibility index (Phi) is 5.39. The maximum Gasteiger partial charge on any atom is 0.326 e. The smallest absolute Gasteiger partial charge is 0.326 e. The van der Waals surface area contributed by atoms with E-state index in [0.717, 1.165) is 11.1 Å². The van der Waals surface area contributed by atoms with E-state index in [9.17, 15) is 14.7 Å². The highest BCUT2D eigenvalue weighted by molar-refractivity contribution is 5.98. The van der Waals surface area contributed by atoms with Crippen LogP contribution >= 0.6 is 0 Å². The van der Waals surface area contributed by atoms with Crippen molar-refractivity contribution in [2.45, 2.75) is 38.6 Å². The fourth-order valence-electron chi connectivity index (χ4n) is 2.62. The van der Waals surface area contributed by atoms with Gasteiger partial charge >= 0.3 is 5.97 Å². The zero-order chi connectivity index (χ0) is 17.7. The summed E-state index contributed by atoms with van der Waals surface area (Å²) in [4.78, 5) is 24.2. The van der Waals surface area contributed by atoms with Crippen LogP contribution in [0.15, 0.2) is 54.6 Å². The van der Waals surface area contributed by atoms with Crippen LogP contribution in [0.1, 0.15) is 42.3 Å². The van der Waals surface area contributed by atoms with Crippen LogP contribution < -0.4 is 5.32 Å². The molecule has 4 heteroatoms. The van der Waals surface area contributed by atoms with Gasteiger partial charge < -0.3 is 10.4 Å². The molecule has 24 heavy (non-hydrogen) atoms. The zero-order valence-electron chi connectivity index (χ0n) is 14.2. The van der Waals surface area contributed by atoms with E-state index >= 15 is 0 Å². The van der Waals surface area contributed by atoms with E-state index < -0.39 is 12.0 Å². The van der Waals surface area contributed by atoms with E-state index in [0.29, 0.717) is 5.56 Å². The summed E-state index contributed by atoms with van der Waals surface area (Å²) < 4.78 is 0. The maximum atomic E-state index is 12.6. The average molecular weight is 325 g/mol. The second-order valence-electron chi connectivity index (χ2n) is 6.85. The van der Waals surface area contributed by atoms with Gasteiger partial charge in [0.25, 0.3) is 5.91 Å². The van der Waals surface area contributed by atoms with Gasteiger partial charge in [0.15, 0.2) is 0 Å². The van der Waals surface area contributed by atoms with E-state index in [4.69, 9.17) is 0 Å². The van der Waals surface area contributed by atoms with Crippen LogP contribution in [0.2, 0.25) is 0 Å². The van der Waals surface area contributed by atoms with Crippen molar-refractivity contribution >= 4 is 11.9 Å². The Morgan fingerprint density at radius 3 is 2.17 bits per heavy atom. The first-order chi connectivity index (χ1) is 11.3. The van der Waals surface area contributed by atoms with E-state index in [1.54, 1.807) is 12.1 Å². The Hall–Kier alpha value is -2.62. The summed E-state index contributed by atoms with van der Waals surface area (Å²) >= 11 is 0. The lowest BCUT2D eigenvalue weighted by Gasteiger charge is -2.23. The molecular weight excluding hydrogens is 302 g/mol. The molecule has 0 heterocycles. The largest absolute Gasteiger partial charge is 0.480 e. The number of carboxylic acids is 1. The van der Waals surface area contributed by atoms with Crippen molar-refractivity contribution < 1.29 is 14.7 Å². The van der Waals surface area contributed by atoms with Crippen molar-refractivity contribution in [1.29, 1.82) is 0 Å². The molecule has 0 aliphatic carbocycles. The Morgan fingerprint density at radius 1 is 1.00 bits per heavy atom. The normalized spacial score (nSPS) is 12.5. The monoisotopic (exact) mass is 325 g/mol. The van der Waals surface area contributed by atoms with Gasteiger partial charge in [0.05, 0.1) is 0 Å². The Bertz CT molecular complexity index is 717. The highest BCUT2D eigenvalue weighted by Crippen LogP contribution is 2.25. The number of aliphatic carboxylic acids is 1. The van der Waals surface area contributed by atoms with E-state index in [2.05, 4.69) is 5.32 Å². The van der Waals surface area contributed by atoms with Crippen molar-refractivity contribution in [3.63, 3.8) is 0 Å². The van der Waals surface area contributed by atoms with Crippen LogP contribution in [0.5, 0.6) is 0 Å². The third-order valence-corrected chi connectivity index (χ3v) is 3.87. The summed E-state index contributed by atoms with van der Waals surface area (Å²) in [5.41, 5.74) is 2.08. The molecule has 2 N–H and O–H groups in total. The molecule has 2 aromatic carbocycles. The molecule has 4 nitrogen and oxygen atoms in total. The number of hydrogen-bond donors (Lipinski definition) is 2. The van der Waals surface area contributed by atoms with E-state index in [1.807, 2.05) is 63.2 Å². The predicted molar refractivity (Wildman–Crippen MR) is 94.2 cm³/mol. The van der Waals surface area contributed by atoms with Crippen LogP contribution in [-0.4, -0.2) is 23.0 Å². The molecule has 0 bridgehead atoms. The third kappa shape index (κ3) is 4.44. The number of carbonyl (C=O) groups excluding carboxylic acids is 1. The molecule has 0 radical (unpaired) electrons. The van der Waals surface area contributed by atoms with Gasteiger partial charge in [0, 0.05) is 12.0 Å². The van der Waals surface area contributed by atoms with Crippen molar-refractivity contribution in [1.82, 2.24) is 5.32 Å². The summed E-state index contributed by atoms with van der Waals surface area (Å²) in [5.74, 6) is -1.40. The number of hydrogen-bond acceptors (Lipinski definition) is 2. The fraction of sp³-hybridized carbons (Fsp3) is 0.300. The minimum absolute atomic E-state index is 0.202. The van der Waals surface area contributed by atoms with Crippen LogP contribution in [-0.2, 0) is 16.6 Å². The van der Waals surface area contributed by atoms with Gasteiger partial charge in [0.2, 0.25) is 0 Å². The molecule has 2 aromatic rings. The standard InChI is InChI=1S/C20H23NO3/c1-20(2,3)16-12-8-7-11-15(16)18(22)21-17(19(23)24)13-14-9-5-4-6-10-14/h4-12,17H,13H2,1-3H3,(H,21,22)(H,23,24)/t17-/m0/s1. The molecule has 0 saturated carbocycles. The first-order valence-electron chi connectivity index (χ1n) is 7.96. The van der Waals surface area contributed by atoms with Gasteiger partial charge in [-0.15, -0.1) is 0 Å². The summed E-state index contributed by atoms with van der Waals surface area (Å²) in [5, 5.41) is 12.1. The molecule has 0 fully saturated rings. The molecule has 0 spiro atoms. The number of carbonyl (C=O) groups is 2. The molecule has 0 unspecified atom stereocenters. The number of nitrogens with one attached hydrogen (secondary N) is 1. The molecule has 1 atom stereocenters. The molecule has 0 aromatic heterocycles. The molecule has 0 aliphatic heterocycles. The number of amides is 1. The summed E-state index contributed by atoms with van der Waals surface area (Å²) in [6, 6.07) is 15.6. The first kappa shape index (κ1) is 17.7. The fourth-order valence-corrected chi connectivity index (χ4v) is 2.62. The molecular formula is C20H23NO3. The first-order valence-corrected chi connectivity index (χ1v) is 7.96. The molecule has 2 rings (SSSR count). The average Bonchev–Trinajstić information content (AvgIpc) is 2.54. The molecule has 0 saturated heterocycles. The van der Waals surface area contributed by atoms with E-state index in [-0.39, 0.29) is 17.7 Å². The summed E-state index contributed by atoms with van der Waals surface area (Å²) in [6.07, 6.45) is 0.250.